The van der Waals surface area contributed by atoms with Crippen LogP contribution in [0.5, 0.6) is 0 Å². The van der Waals surface area contributed by atoms with Crippen molar-refractivity contribution in [3.8, 4) is 0 Å². The van der Waals surface area contributed by atoms with Crippen molar-refractivity contribution < 1.29 is 15.7 Å². The third-order valence-electron chi connectivity index (χ3n) is 1.15. The predicted octanol–water partition coefficient (Wildman–Crippen LogP) is 2.49. The van der Waals surface area contributed by atoms with Crippen molar-refractivity contribution in [1.82, 2.24) is 0 Å². The third-order valence-corrected chi connectivity index (χ3v) is 1.54. The molecule has 0 nitrogen and oxygen atoms in total. The van der Waals surface area contributed by atoms with Crippen LogP contribution in [0, 0.1) is 0 Å². The van der Waals surface area contributed by atoms with Crippen LogP contribution in [0.15, 0.2) is 47.0 Å². The molecular weight excluding hydrogens is 167 g/mol. The Morgan fingerprint density at radius 3 is 1.70 bits per heavy atom. The van der Waals surface area contributed by atoms with Crippen molar-refractivity contribution in [2.75, 3.05) is 0 Å². The van der Waals surface area contributed by atoms with Gasteiger partial charge in [-0.05, 0) is 0 Å². The van der Waals surface area contributed by atoms with Gasteiger partial charge in [0.05, 0.1) is 0 Å². The maximum atomic E-state index is 4.14. The monoisotopic (exact) mass is 176 g/mol. The van der Waals surface area contributed by atoms with Gasteiger partial charge in [0, 0.05) is 0 Å². The zero-order valence-electron chi connectivity index (χ0n) is 5.58. The van der Waals surface area contributed by atoms with E-state index in [9.17, 15) is 0 Å². The number of hydrogen-bond acceptors (Lipinski definition) is 0. The van der Waals surface area contributed by atoms with Gasteiger partial charge in [-0.15, -0.1) is 0 Å². The first-order chi connectivity index (χ1) is 4.89. The maximum absolute atomic E-state index is 4.14. The second-order valence-corrected chi connectivity index (χ2v) is 2.66. The summed E-state index contributed by atoms with van der Waals surface area (Å²) in [5.41, 5.74) is 0. The molecule has 2 aliphatic carbocycles. The van der Waals surface area contributed by atoms with Gasteiger partial charge in [0.25, 0.3) is 0 Å². The van der Waals surface area contributed by atoms with Crippen LogP contribution in [0.2, 0.25) is 0 Å². The van der Waals surface area contributed by atoms with Crippen molar-refractivity contribution in [1.29, 1.82) is 0 Å². The zero-order chi connectivity index (χ0) is 7.23. The van der Waals surface area contributed by atoms with Gasteiger partial charge in [-0.3, -0.25) is 0 Å². The molecule has 0 bridgehead atoms. The van der Waals surface area contributed by atoms with Crippen LogP contribution in [-0.2, 0) is 15.7 Å². The summed E-state index contributed by atoms with van der Waals surface area (Å²) < 4.78 is 1.16. The Labute approximate surface area is 69.6 Å². The molecule has 0 aromatic carbocycles. The summed E-state index contributed by atoms with van der Waals surface area (Å²) in [6.07, 6.45) is 15.1. The molecule has 54 valence electrons. The van der Waals surface area contributed by atoms with Crippen LogP contribution in [0.25, 0.3) is 0 Å². The molecule has 2 aliphatic rings. The molecule has 0 unspecified atom stereocenters. The minimum atomic E-state index is 1.03. The second-order valence-electron chi connectivity index (χ2n) is 1.99. The molecule has 0 heterocycles. The summed E-state index contributed by atoms with van der Waals surface area (Å²) in [5, 5.41) is 0. The van der Waals surface area contributed by atoms with Gasteiger partial charge >= 0.3 is 44.9 Å². The van der Waals surface area contributed by atoms with E-state index in [0.717, 1.165) is 10.9 Å². The first-order valence-corrected chi connectivity index (χ1v) is 3.74. The molecule has 0 aliphatic heterocycles. The Bertz CT molecular complexity index is 189. The molecule has 0 fully saturated rings. The normalized spacial score (nSPS) is 17.6. The van der Waals surface area contributed by atoms with Crippen LogP contribution in [0.1, 0.15) is 6.42 Å². The van der Waals surface area contributed by atoms with Crippen LogP contribution < -0.4 is 0 Å². The molecule has 10 heavy (non-hydrogen) atoms. The summed E-state index contributed by atoms with van der Waals surface area (Å²) in [7, 11) is 0. The first kappa shape index (κ1) is 7.57. The SMILES string of the molecule is C1=CC=C1.[Co][C]1=CC=CC1. The van der Waals surface area contributed by atoms with E-state index in [2.05, 4.69) is 21.8 Å². The summed E-state index contributed by atoms with van der Waals surface area (Å²) in [6, 6.07) is 0. The van der Waals surface area contributed by atoms with Gasteiger partial charge in [-0.1, -0.05) is 24.3 Å². The van der Waals surface area contributed by atoms with Gasteiger partial charge in [-0.2, -0.15) is 0 Å². The molecule has 2 rings (SSSR count). The number of rotatable bonds is 0. The Kier molecular flexibility index (Phi) is 3.26. The van der Waals surface area contributed by atoms with Gasteiger partial charge in [0.1, 0.15) is 0 Å². The predicted molar refractivity (Wildman–Crippen MR) is 40.1 cm³/mol. The summed E-state index contributed by atoms with van der Waals surface area (Å²) in [4.78, 5) is 0. The average molecular weight is 176 g/mol. The van der Waals surface area contributed by atoms with Gasteiger partial charge < -0.3 is 0 Å². The Hall–Kier alpha value is -0.534. The molecule has 0 spiro atoms. The summed E-state index contributed by atoms with van der Waals surface area (Å²) in [6.45, 7) is 0. The van der Waals surface area contributed by atoms with E-state index in [1.54, 1.807) is 0 Å². The molecular formula is C9H9Co. The van der Waals surface area contributed by atoms with Crippen LogP contribution >= 0.6 is 0 Å². The van der Waals surface area contributed by atoms with Crippen molar-refractivity contribution in [3.63, 3.8) is 0 Å². The molecule has 0 atom stereocenters. The van der Waals surface area contributed by atoms with Crippen LogP contribution in [0.3, 0.4) is 0 Å². The number of hydrogen-bond donors (Lipinski definition) is 0. The quantitative estimate of drug-likeness (QED) is 0.531. The van der Waals surface area contributed by atoms with E-state index in [1.165, 1.54) is 0 Å². The van der Waals surface area contributed by atoms with E-state index in [1.807, 2.05) is 36.5 Å². The molecule has 0 aromatic rings. The van der Waals surface area contributed by atoms with Gasteiger partial charge in [0.15, 0.2) is 0 Å². The molecule has 0 saturated carbocycles. The molecule has 0 radical (unpaired) electrons. The first-order valence-electron chi connectivity index (χ1n) is 3.22. The Morgan fingerprint density at radius 1 is 1.00 bits per heavy atom. The Morgan fingerprint density at radius 2 is 1.60 bits per heavy atom. The van der Waals surface area contributed by atoms with E-state index < -0.39 is 0 Å². The number of allylic oxidation sites excluding steroid dienone is 8. The molecule has 0 N–H and O–H groups in total. The molecule has 1 heteroatoms. The van der Waals surface area contributed by atoms with Crippen molar-refractivity contribution in [3.05, 3.63) is 47.0 Å². The molecule has 0 saturated heterocycles. The minimum absolute atomic E-state index is 1.03. The van der Waals surface area contributed by atoms with Crippen molar-refractivity contribution in [2.45, 2.75) is 6.42 Å². The van der Waals surface area contributed by atoms with Crippen LogP contribution in [0.4, 0.5) is 0 Å². The fourth-order valence-corrected chi connectivity index (χ4v) is 0.746. The molecule has 0 amide bonds. The van der Waals surface area contributed by atoms with Crippen molar-refractivity contribution in [2.24, 2.45) is 0 Å². The van der Waals surface area contributed by atoms with E-state index in [0.29, 0.717) is 0 Å². The van der Waals surface area contributed by atoms with Crippen LogP contribution in [-0.4, -0.2) is 0 Å². The van der Waals surface area contributed by atoms with E-state index >= 15 is 0 Å². The van der Waals surface area contributed by atoms with Crippen molar-refractivity contribution >= 4 is 0 Å². The van der Waals surface area contributed by atoms with Gasteiger partial charge in [0.2, 0.25) is 0 Å². The summed E-state index contributed by atoms with van der Waals surface area (Å²) in [5.74, 6) is 0. The van der Waals surface area contributed by atoms with E-state index in [-0.39, 0.29) is 0 Å². The summed E-state index contributed by atoms with van der Waals surface area (Å²) >= 11 is 4.14. The second kappa shape index (κ2) is 4.31. The fraction of sp³-hybridized carbons (Fsp3) is 0.111. The van der Waals surface area contributed by atoms with E-state index in [4.69, 9.17) is 0 Å². The zero-order valence-corrected chi connectivity index (χ0v) is 6.62. The van der Waals surface area contributed by atoms with Gasteiger partial charge in [-0.25, -0.2) is 0 Å². The topological polar surface area (TPSA) is 0 Å². The third kappa shape index (κ3) is 2.85. The average Bonchev–Trinajstić information content (AvgIpc) is 2.12. The molecule has 0 aromatic heterocycles. The Balaban J connectivity index is 0.000000108. The fourth-order valence-electron chi connectivity index (χ4n) is 0.523. The standard InChI is InChI=1S/C5H5.C4H4.Co/c1-2-4-5-3-1;1-2-4-3-1;/h1-3H,4H2;1-4H;.